The minimum atomic E-state index is 0.875. The number of anilines is 2. The van der Waals surface area contributed by atoms with Crippen LogP contribution in [-0.4, -0.2) is 18.1 Å². The van der Waals surface area contributed by atoms with E-state index in [0.717, 1.165) is 37.4 Å². The van der Waals surface area contributed by atoms with Crippen molar-refractivity contribution in [2.24, 2.45) is 0 Å². The van der Waals surface area contributed by atoms with E-state index in [4.69, 9.17) is 0 Å². The Morgan fingerprint density at radius 3 is 2.95 bits per heavy atom. The van der Waals surface area contributed by atoms with Crippen molar-refractivity contribution in [3.05, 3.63) is 53.9 Å². The fourth-order valence-corrected chi connectivity index (χ4v) is 2.56. The minimum Gasteiger partial charge on any atom is -0.383 e. The number of hydrogen-bond acceptors (Lipinski definition) is 3. The quantitative estimate of drug-likeness (QED) is 0.890. The minimum absolute atomic E-state index is 0.875. The lowest BCUT2D eigenvalue weighted by atomic mass is 10.2. The number of aromatic nitrogens is 1. The summed E-state index contributed by atoms with van der Waals surface area (Å²) in [5, 5.41) is 3.49. The van der Waals surface area contributed by atoms with Gasteiger partial charge in [-0.15, -0.1) is 0 Å². The third-order valence-electron chi connectivity index (χ3n) is 3.46. The van der Waals surface area contributed by atoms with Crippen molar-refractivity contribution >= 4 is 11.4 Å². The van der Waals surface area contributed by atoms with Crippen molar-refractivity contribution in [2.75, 3.05) is 23.3 Å². The van der Waals surface area contributed by atoms with Gasteiger partial charge in [0.2, 0.25) is 0 Å². The molecule has 0 saturated heterocycles. The number of nitrogens with one attached hydrogen (secondary N) is 1. The van der Waals surface area contributed by atoms with Crippen LogP contribution in [0.15, 0.2) is 42.5 Å². The number of pyridine rings is 1. The molecule has 1 aliphatic heterocycles. The summed E-state index contributed by atoms with van der Waals surface area (Å²) in [5.41, 5.74) is 4.73. The van der Waals surface area contributed by atoms with Gasteiger partial charge in [-0.05, 0) is 37.6 Å². The molecule has 19 heavy (non-hydrogen) atoms. The maximum atomic E-state index is 4.61. The van der Waals surface area contributed by atoms with Gasteiger partial charge in [0.25, 0.3) is 0 Å². The Hall–Kier alpha value is -2.03. The van der Waals surface area contributed by atoms with Crippen molar-refractivity contribution in [3.63, 3.8) is 0 Å². The second kappa shape index (κ2) is 5.31. The number of hydrogen-bond donors (Lipinski definition) is 1. The second-order valence-electron chi connectivity index (χ2n) is 4.99. The van der Waals surface area contributed by atoms with Gasteiger partial charge in [0, 0.05) is 18.8 Å². The highest BCUT2D eigenvalue weighted by Gasteiger charge is 2.14. The van der Waals surface area contributed by atoms with Crippen molar-refractivity contribution in [1.82, 2.24) is 4.98 Å². The third kappa shape index (κ3) is 2.70. The smallest absolute Gasteiger partial charge is 0.0605 e. The largest absolute Gasteiger partial charge is 0.383 e. The summed E-state index contributed by atoms with van der Waals surface area (Å²) in [6.45, 7) is 5.02. The summed E-state index contributed by atoms with van der Waals surface area (Å²) in [6.07, 6.45) is 1.15. The van der Waals surface area contributed by atoms with Gasteiger partial charge in [-0.25, -0.2) is 0 Å². The van der Waals surface area contributed by atoms with Crippen LogP contribution in [0.2, 0.25) is 0 Å². The van der Waals surface area contributed by atoms with Crippen molar-refractivity contribution in [2.45, 2.75) is 19.9 Å². The zero-order valence-corrected chi connectivity index (χ0v) is 11.3. The lowest BCUT2D eigenvalue weighted by Crippen LogP contribution is -2.23. The summed E-state index contributed by atoms with van der Waals surface area (Å²) < 4.78 is 0. The third-order valence-corrected chi connectivity index (χ3v) is 3.46. The molecule has 3 heteroatoms. The van der Waals surface area contributed by atoms with Crippen LogP contribution in [0.1, 0.15) is 17.8 Å². The van der Waals surface area contributed by atoms with Crippen LogP contribution in [0, 0.1) is 6.92 Å². The molecular formula is C16H19N3. The molecule has 0 bridgehead atoms. The lowest BCUT2D eigenvalue weighted by Gasteiger charge is -2.24. The van der Waals surface area contributed by atoms with Crippen LogP contribution < -0.4 is 10.2 Å². The van der Waals surface area contributed by atoms with Gasteiger partial charge >= 0.3 is 0 Å². The van der Waals surface area contributed by atoms with E-state index in [2.05, 4.69) is 51.6 Å². The monoisotopic (exact) mass is 253 g/mol. The predicted octanol–water partition coefficient (Wildman–Crippen LogP) is 3.21. The van der Waals surface area contributed by atoms with Crippen LogP contribution in [0.4, 0.5) is 11.4 Å². The van der Waals surface area contributed by atoms with Crippen LogP contribution in [-0.2, 0) is 6.54 Å². The van der Waals surface area contributed by atoms with Gasteiger partial charge < -0.3 is 10.2 Å². The fraction of sp³-hybridized carbons (Fsp3) is 0.312. The molecule has 0 saturated carbocycles. The van der Waals surface area contributed by atoms with Gasteiger partial charge in [0.05, 0.1) is 23.6 Å². The summed E-state index contributed by atoms with van der Waals surface area (Å²) >= 11 is 0. The first kappa shape index (κ1) is 12.0. The summed E-state index contributed by atoms with van der Waals surface area (Å²) in [7, 11) is 0. The highest BCUT2D eigenvalue weighted by Crippen LogP contribution is 2.28. The molecular weight excluding hydrogens is 234 g/mol. The number of rotatable bonds is 2. The van der Waals surface area contributed by atoms with Crippen molar-refractivity contribution in [3.8, 4) is 0 Å². The molecule has 0 spiro atoms. The first-order valence-corrected chi connectivity index (χ1v) is 6.83. The molecule has 0 amide bonds. The molecule has 0 fully saturated rings. The zero-order valence-electron chi connectivity index (χ0n) is 11.3. The highest BCUT2D eigenvalue weighted by molar-refractivity contribution is 5.70. The summed E-state index contributed by atoms with van der Waals surface area (Å²) in [5.74, 6) is 0. The van der Waals surface area contributed by atoms with Crippen LogP contribution in [0.25, 0.3) is 0 Å². The average Bonchev–Trinajstić information content (AvgIpc) is 2.62. The van der Waals surface area contributed by atoms with Gasteiger partial charge in [-0.2, -0.15) is 0 Å². The van der Waals surface area contributed by atoms with E-state index in [-0.39, 0.29) is 0 Å². The highest BCUT2D eigenvalue weighted by atomic mass is 15.2. The van der Waals surface area contributed by atoms with Crippen molar-refractivity contribution < 1.29 is 0 Å². The van der Waals surface area contributed by atoms with Gasteiger partial charge in [-0.3, -0.25) is 4.98 Å². The van der Waals surface area contributed by atoms with E-state index in [0.29, 0.717) is 0 Å². The maximum Gasteiger partial charge on any atom is 0.0605 e. The molecule has 1 N–H and O–H groups in total. The molecule has 2 heterocycles. The molecule has 3 nitrogen and oxygen atoms in total. The van der Waals surface area contributed by atoms with Gasteiger partial charge in [0.15, 0.2) is 0 Å². The number of benzene rings is 1. The number of para-hydroxylation sites is 2. The first-order chi connectivity index (χ1) is 9.33. The number of aryl methyl sites for hydroxylation is 1. The molecule has 98 valence electrons. The van der Waals surface area contributed by atoms with Crippen LogP contribution in [0.3, 0.4) is 0 Å². The maximum absolute atomic E-state index is 4.61. The molecule has 3 rings (SSSR count). The van der Waals surface area contributed by atoms with E-state index < -0.39 is 0 Å². The predicted molar refractivity (Wildman–Crippen MR) is 79.6 cm³/mol. The fourth-order valence-electron chi connectivity index (χ4n) is 2.56. The Kier molecular flexibility index (Phi) is 3.36. The molecule has 0 unspecified atom stereocenters. The van der Waals surface area contributed by atoms with E-state index in [1.54, 1.807) is 0 Å². The Morgan fingerprint density at radius 2 is 2.05 bits per heavy atom. The molecule has 2 aromatic rings. The molecule has 1 aliphatic rings. The van der Waals surface area contributed by atoms with E-state index >= 15 is 0 Å². The number of nitrogens with zero attached hydrogens (tertiary/aromatic N) is 2. The van der Waals surface area contributed by atoms with Gasteiger partial charge in [-0.1, -0.05) is 18.2 Å². The first-order valence-electron chi connectivity index (χ1n) is 6.83. The van der Waals surface area contributed by atoms with E-state index in [1.165, 1.54) is 11.4 Å². The standard InChI is InChI=1S/C16H19N3/c1-13-6-4-7-14(18-13)12-19-11-5-10-17-15-8-2-3-9-16(15)19/h2-4,6-9,17H,5,10-12H2,1H3. The Balaban J connectivity index is 1.88. The zero-order chi connectivity index (χ0) is 13.1. The number of fused-ring (bicyclic) bond motifs is 1. The summed E-state index contributed by atoms with van der Waals surface area (Å²) in [4.78, 5) is 7.02. The Labute approximate surface area is 114 Å². The normalized spacial score (nSPS) is 14.5. The molecule has 1 aromatic carbocycles. The molecule has 1 aromatic heterocycles. The lowest BCUT2D eigenvalue weighted by molar-refractivity contribution is 0.750. The Morgan fingerprint density at radius 1 is 1.16 bits per heavy atom. The Bertz CT molecular complexity index is 565. The average molecular weight is 253 g/mol. The van der Waals surface area contributed by atoms with Crippen molar-refractivity contribution in [1.29, 1.82) is 0 Å². The molecule has 0 radical (unpaired) electrons. The SMILES string of the molecule is Cc1cccc(CN2CCCNc3ccccc32)n1. The second-order valence-corrected chi connectivity index (χ2v) is 4.99. The molecule has 0 atom stereocenters. The van der Waals surface area contributed by atoms with E-state index in [1.807, 2.05) is 13.0 Å². The van der Waals surface area contributed by atoms with E-state index in [9.17, 15) is 0 Å². The van der Waals surface area contributed by atoms with Crippen LogP contribution in [0.5, 0.6) is 0 Å². The molecule has 0 aliphatic carbocycles. The van der Waals surface area contributed by atoms with Crippen LogP contribution >= 0.6 is 0 Å². The van der Waals surface area contributed by atoms with Gasteiger partial charge in [0.1, 0.15) is 0 Å². The summed E-state index contributed by atoms with van der Waals surface area (Å²) in [6, 6.07) is 14.7. The topological polar surface area (TPSA) is 28.2 Å².